The van der Waals surface area contributed by atoms with Crippen LogP contribution in [0.1, 0.15) is 20.8 Å². The van der Waals surface area contributed by atoms with Gasteiger partial charge in [-0.25, -0.2) is 4.39 Å². The van der Waals surface area contributed by atoms with Crippen molar-refractivity contribution in [3.8, 4) is 0 Å². The van der Waals surface area contributed by atoms with E-state index in [9.17, 15) is 17.6 Å². The standard InChI is InChI=1S/C8H16F4Si/c1-6(2,3)7(9,13(4)5)8(10,11)12/h13H,1-5H3. The zero-order valence-electron chi connectivity index (χ0n) is 8.59. The van der Waals surface area contributed by atoms with Gasteiger partial charge in [-0.3, -0.25) is 0 Å². The lowest BCUT2D eigenvalue weighted by Crippen LogP contribution is -2.59. The Bertz CT molecular complexity index is 164. The van der Waals surface area contributed by atoms with Gasteiger partial charge < -0.3 is 0 Å². The third kappa shape index (κ3) is 2.06. The van der Waals surface area contributed by atoms with E-state index in [1.54, 1.807) is 0 Å². The van der Waals surface area contributed by atoms with Crippen LogP contribution in [0, 0.1) is 5.41 Å². The molecule has 0 N–H and O–H groups in total. The third-order valence-corrected chi connectivity index (χ3v) is 5.08. The lowest BCUT2D eigenvalue weighted by molar-refractivity contribution is -0.229. The van der Waals surface area contributed by atoms with Crippen molar-refractivity contribution in [1.82, 2.24) is 0 Å². The highest BCUT2D eigenvalue weighted by atomic mass is 28.3. The summed E-state index contributed by atoms with van der Waals surface area (Å²) in [5, 5.41) is -2.99. The quantitative estimate of drug-likeness (QED) is 0.466. The number of hydrogen-bond donors (Lipinski definition) is 0. The molecule has 0 aromatic heterocycles. The molecule has 0 spiro atoms. The molecule has 0 fully saturated rings. The summed E-state index contributed by atoms with van der Waals surface area (Å²) >= 11 is 0. The minimum atomic E-state index is -4.74. The van der Waals surface area contributed by atoms with Crippen LogP contribution < -0.4 is 0 Å². The van der Waals surface area contributed by atoms with Crippen LogP contribution in [0.3, 0.4) is 0 Å². The molecule has 0 rings (SSSR count). The molecule has 0 aliphatic rings. The SMILES string of the molecule is C[SiH](C)C(F)(C(C)(C)C)C(F)(F)F. The van der Waals surface area contributed by atoms with Crippen LogP contribution in [-0.2, 0) is 0 Å². The van der Waals surface area contributed by atoms with Gasteiger partial charge in [0.05, 0.1) is 8.80 Å². The first-order valence-electron chi connectivity index (χ1n) is 4.20. The number of hydrogen-bond acceptors (Lipinski definition) is 0. The molecule has 0 amide bonds. The maximum Gasteiger partial charge on any atom is 0.419 e. The zero-order chi connectivity index (χ0) is 11.1. The van der Waals surface area contributed by atoms with Crippen LogP contribution >= 0.6 is 0 Å². The van der Waals surface area contributed by atoms with E-state index in [4.69, 9.17) is 0 Å². The van der Waals surface area contributed by atoms with Crippen molar-refractivity contribution in [2.75, 3.05) is 0 Å². The summed E-state index contributed by atoms with van der Waals surface area (Å²) in [7, 11) is -2.44. The molecule has 80 valence electrons. The molecule has 0 bridgehead atoms. The predicted molar refractivity (Wildman–Crippen MR) is 48.2 cm³/mol. The second-order valence-corrected chi connectivity index (χ2v) is 7.72. The molecule has 1 atom stereocenters. The topological polar surface area (TPSA) is 0 Å². The lowest BCUT2D eigenvalue weighted by atomic mass is 9.89. The fraction of sp³-hybridized carbons (Fsp3) is 1.00. The van der Waals surface area contributed by atoms with Gasteiger partial charge in [0.25, 0.3) is 0 Å². The van der Waals surface area contributed by atoms with Gasteiger partial charge in [0, 0.05) is 5.41 Å². The average molecular weight is 216 g/mol. The smallest absolute Gasteiger partial charge is 0.238 e. The molecule has 0 radical (unpaired) electrons. The van der Waals surface area contributed by atoms with Crippen molar-refractivity contribution < 1.29 is 17.6 Å². The molecule has 5 heteroatoms. The van der Waals surface area contributed by atoms with E-state index in [-0.39, 0.29) is 0 Å². The van der Waals surface area contributed by atoms with Gasteiger partial charge in [0.15, 0.2) is 5.29 Å². The second-order valence-electron chi connectivity index (χ2n) is 4.61. The van der Waals surface area contributed by atoms with Gasteiger partial charge in [-0.05, 0) is 0 Å². The maximum atomic E-state index is 13.9. The van der Waals surface area contributed by atoms with E-state index in [0.29, 0.717) is 0 Å². The van der Waals surface area contributed by atoms with Crippen LogP contribution in [0.4, 0.5) is 17.6 Å². The molecule has 0 nitrogen and oxygen atoms in total. The lowest BCUT2D eigenvalue weighted by Gasteiger charge is -2.41. The van der Waals surface area contributed by atoms with E-state index >= 15 is 0 Å². The van der Waals surface area contributed by atoms with E-state index in [0.717, 1.165) is 0 Å². The summed E-state index contributed by atoms with van der Waals surface area (Å²) in [4.78, 5) is 0. The average Bonchev–Trinajstić information content (AvgIpc) is 1.80. The summed E-state index contributed by atoms with van der Waals surface area (Å²) in [6.45, 7) is 6.67. The third-order valence-electron chi connectivity index (χ3n) is 2.30. The summed E-state index contributed by atoms with van der Waals surface area (Å²) in [5.74, 6) is 0. The highest BCUT2D eigenvalue weighted by Gasteiger charge is 2.64. The Balaban J connectivity index is 5.22. The molecule has 0 aliphatic carbocycles. The molecule has 13 heavy (non-hydrogen) atoms. The van der Waals surface area contributed by atoms with Crippen molar-refractivity contribution in [3.05, 3.63) is 0 Å². The van der Waals surface area contributed by atoms with E-state index < -0.39 is 25.7 Å². The summed E-state index contributed by atoms with van der Waals surface area (Å²) < 4.78 is 51.4. The van der Waals surface area contributed by atoms with E-state index in [1.807, 2.05) is 0 Å². The maximum absolute atomic E-state index is 13.9. The van der Waals surface area contributed by atoms with Crippen LogP contribution in [-0.4, -0.2) is 20.3 Å². The molecule has 0 saturated carbocycles. The van der Waals surface area contributed by atoms with Crippen LogP contribution in [0.15, 0.2) is 0 Å². The number of rotatable bonds is 1. The van der Waals surface area contributed by atoms with E-state index in [1.165, 1.54) is 33.9 Å². The Morgan fingerprint density at radius 3 is 1.15 bits per heavy atom. The van der Waals surface area contributed by atoms with Crippen LogP contribution in [0.25, 0.3) is 0 Å². The van der Waals surface area contributed by atoms with Gasteiger partial charge in [0.2, 0.25) is 0 Å². The summed E-state index contributed by atoms with van der Waals surface area (Å²) in [6.07, 6.45) is -4.74. The fourth-order valence-corrected chi connectivity index (χ4v) is 4.01. The highest BCUT2D eigenvalue weighted by molar-refractivity contribution is 6.59. The monoisotopic (exact) mass is 216 g/mol. The van der Waals surface area contributed by atoms with Crippen LogP contribution in [0.5, 0.6) is 0 Å². The van der Waals surface area contributed by atoms with Crippen molar-refractivity contribution in [1.29, 1.82) is 0 Å². The molecule has 0 aliphatic heterocycles. The zero-order valence-corrected chi connectivity index (χ0v) is 9.74. The summed E-state index contributed by atoms with van der Waals surface area (Å²) in [6, 6.07) is 0. The largest absolute Gasteiger partial charge is 0.419 e. The summed E-state index contributed by atoms with van der Waals surface area (Å²) in [5.41, 5.74) is -1.37. The van der Waals surface area contributed by atoms with Crippen molar-refractivity contribution in [2.24, 2.45) is 5.41 Å². The first-order valence-corrected chi connectivity index (χ1v) is 7.09. The normalized spacial score (nSPS) is 18.9. The molecule has 1 unspecified atom stereocenters. The molecule has 0 heterocycles. The molecule has 0 aromatic carbocycles. The van der Waals surface area contributed by atoms with E-state index in [2.05, 4.69) is 0 Å². The Morgan fingerprint density at radius 1 is 0.846 bits per heavy atom. The number of alkyl halides is 4. The Kier molecular flexibility index (Phi) is 3.24. The van der Waals surface area contributed by atoms with Gasteiger partial charge in [0.1, 0.15) is 0 Å². The minimum absolute atomic E-state index is 1.30. The Labute approximate surface area is 77.9 Å². The van der Waals surface area contributed by atoms with Crippen molar-refractivity contribution in [3.63, 3.8) is 0 Å². The molecule has 0 aromatic rings. The first-order chi connectivity index (χ1) is 5.44. The number of halogens is 4. The minimum Gasteiger partial charge on any atom is -0.238 e. The van der Waals surface area contributed by atoms with Gasteiger partial charge in [-0.1, -0.05) is 33.9 Å². The Hall–Kier alpha value is -0.0631. The first kappa shape index (κ1) is 12.9. The van der Waals surface area contributed by atoms with Crippen molar-refractivity contribution >= 4 is 8.80 Å². The molecular weight excluding hydrogens is 200 g/mol. The highest BCUT2D eigenvalue weighted by Crippen LogP contribution is 2.48. The fourth-order valence-electron chi connectivity index (χ4n) is 1.62. The van der Waals surface area contributed by atoms with Crippen LogP contribution in [0.2, 0.25) is 13.1 Å². The molecular formula is C8H16F4Si. The van der Waals surface area contributed by atoms with Gasteiger partial charge in [-0.15, -0.1) is 0 Å². The predicted octanol–water partition coefficient (Wildman–Crippen LogP) is 3.33. The van der Waals surface area contributed by atoms with Gasteiger partial charge in [-0.2, -0.15) is 13.2 Å². The molecule has 0 saturated heterocycles. The Morgan fingerprint density at radius 2 is 1.15 bits per heavy atom. The van der Waals surface area contributed by atoms with Gasteiger partial charge >= 0.3 is 6.18 Å². The van der Waals surface area contributed by atoms with Crippen molar-refractivity contribution in [2.45, 2.75) is 45.3 Å². The second kappa shape index (κ2) is 3.26.